The highest BCUT2D eigenvalue weighted by molar-refractivity contribution is 7.10. The fourth-order valence-electron chi connectivity index (χ4n) is 3.08. The van der Waals surface area contributed by atoms with Gasteiger partial charge in [0, 0.05) is 17.0 Å². The Morgan fingerprint density at radius 1 is 1.31 bits per heavy atom. The van der Waals surface area contributed by atoms with E-state index in [1.165, 1.54) is 28.4 Å². The van der Waals surface area contributed by atoms with E-state index >= 15 is 0 Å². The summed E-state index contributed by atoms with van der Waals surface area (Å²) in [5, 5.41) is 12.6. The molecule has 6 heteroatoms. The third kappa shape index (κ3) is 3.17. The van der Waals surface area contributed by atoms with Crippen LogP contribution in [0.4, 0.5) is 4.39 Å². The number of thiophene rings is 1. The van der Waals surface area contributed by atoms with Crippen LogP contribution >= 0.6 is 11.3 Å². The number of unbranched alkanes of at least 4 members (excludes halogenated alkanes) is 1. The molecule has 0 spiro atoms. The molecule has 0 bridgehead atoms. The molecule has 0 saturated carbocycles. The summed E-state index contributed by atoms with van der Waals surface area (Å²) in [5.41, 5.74) is 0.666. The van der Waals surface area contributed by atoms with Crippen molar-refractivity contribution in [2.75, 3.05) is 6.54 Å². The smallest absolute Gasteiger partial charge is 0.295 e. The Kier molecular flexibility index (Phi) is 5.23. The number of halogens is 1. The number of carbonyl (C=O) groups excluding carboxylic acids is 2. The third-order valence-corrected chi connectivity index (χ3v) is 5.48. The molecular formula is C20H20FNO3S. The molecule has 1 saturated heterocycles. The van der Waals surface area contributed by atoms with Gasteiger partial charge in [-0.15, -0.1) is 11.3 Å². The molecule has 2 heterocycles. The fourth-order valence-corrected chi connectivity index (χ4v) is 3.92. The molecule has 1 atom stereocenters. The molecule has 0 radical (unpaired) electrons. The van der Waals surface area contributed by atoms with E-state index in [9.17, 15) is 19.1 Å². The summed E-state index contributed by atoms with van der Waals surface area (Å²) in [6.07, 6.45) is 1.64. The van der Waals surface area contributed by atoms with Crippen molar-refractivity contribution < 1.29 is 19.1 Å². The molecule has 1 fully saturated rings. The molecule has 0 aliphatic carbocycles. The zero-order valence-corrected chi connectivity index (χ0v) is 15.5. The summed E-state index contributed by atoms with van der Waals surface area (Å²) in [4.78, 5) is 27.5. The van der Waals surface area contributed by atoms with Crippen LogP contribution in [-0.2, 0) is 9.59 Å². The van der Waals surface area contributed by atoms with E-state index in [1.807, 2.05) is 24.4 Å². The maximum Gasteiger partial charge on any atom is 0.295 e. The second-order valence-corrected chi connectivity index (χ2v) is 7.30. The first-order valence-electron chi connectivity index (χ1n) is 8.54. The van der Waals surface area contributed by atoms with Crippen molar-refractivity contribution in [2.45, 2.75) is 32.7 Å². The van der Waals surface area contributed by atoms with Gasteiger partial charge in [-0.25, -0.2) is 4.39 Å². The maximum absolute atomic E-state index is 13.9. The summed E-state index contributed by atoms with van der Waals surface area (Å²) < 4.78 is 13.9. The lowest BCUT2D eigenvalue weighted by molar-refractivity contribution is -0.139. The van der Waals surface area contributed by atoms with Crippen LogP contribution < -0.4 is 0 Å². The monoisotopic (exact) mass is 373 g/mol. The van der Waals surface area contributed by atoms with Crippen molar-refractivity contribution in [1.29, 1.82) is 0 Å². The number of ketones is 1. The number of aryl methyl sites for hydroxylation is 1. The van der Waals surface area contributed by atoms with Gasteiger partial charge in [0.2, 0.25) is 0 Å². The Morgan fingerprint density at radius 2 is 2.08 bits per heavy atom. The molecule has 1 amide bonds. The number of hydrogen-bond donors (Lipinski definition) is 1. The van der Waals surface area contributed by atoms with Crippen molar-refractivity contribution in [3.05, 3.63) is 63.1 Å². The van der Waals surface area contributed by atoms with Gasteiger partial charge in [0.15, 0.2) is 0 Å². The van der Waals surface area contributed by atoms with Crippen LogP contribution in [0.15, 0.2) is 41.3 Å². The van der Waals surface area contributed by atoms with Crippen molar-refractivity contribution in [2.24, 2.45) is 0 Å². The molecule has 136 valence electrons. The Labute approximate surface area is 155 Å². The van der Waals surface area contributed by atoms with Crippen LogP contribution in [0.25, 0.3) is 5.76 Å². The first kappa shape index (κ1) is 18.3. The highest BCUT2D eigenvalue weighted by atomic mass is 32.1. The van der Waals surface area contributed by atoms with Crippen LogP contribution in [0.3, 0.4) is 0 Å². The highest BCUT2D eigenvalue weighted by Gasteiger charge is 2.46. The van der Waals surface area contributed by atoms with Gasteiger partial charge >= 0.3 is 0 Å². The maximum atomic E-state index is 13.9. The lowest BCUT2D eigenvalue weighted by Crippen LogP contribution is -2.30. The van der Waals surface area contributed by atoms with Gasteiger partial charge in [-0.3, -0.25) is 9.59 Å². The van der Waals surface area contributed by atoms with Crippen LogP contribution in [0.1, 0.15) is 41.8 Å². The molecule has 4 nitrogen and oxygen atoms in total. The van der Waals surface area contributed by atoms with Gasteiger partial charge < -0.3 is 10.0 Å². The number of rotatable bonds is 5. The van der Waals surface area contributed by atoms with Gasteiger partial charge in [0.25, 0.3) is 11.7 Å². The number of benzene rings is 1. The van der Waals surface area contributed by atoms with Gasteiger partial charge in [-0.05, 0) is 36.4 Å². The number of aliphatic hydroxyl groups is 1. The number of carbonyl (C=O) groups is 2. The number of amides is 1. The minimum atomic E-state index is -0.724. The Bertz CT molecular complexity index is 873. The summed E-state index contributed by atoms with van der Waals surface area (Å²) in [6, 6.07) is 7.33. The largest absolute Gasteiger partial charge is 0.507 e. The summed E-state index contributed by atoms with van der Waals surface area (Å²) in [5.74, 6) is -2.15. The van der Waals surface area contributed by atoms with E-state index in [4.69, 9.17) is 0 Å². The van der Waals surface area contributed by atoms with Crippen molar-refractivity contribution in [1.82, 2.24) is 4.90 Å². The molecular weight excluding hydrogens is 353 g/mol. The lowest BCUT2D eigenvalue weighted by Gasteiger charge is -2.23. The minimum absolute atomic E-state index is 0.0248. The van der Waals surface area contributed by atoms with Crippen LogP contribution in [-0.4, -0.2) is 28.2 Å². The molecule has 1 aromatic carbocycles. The van der Waals surface area contributed by atoms with E-state index < -0.39 is 23.5 Å². The summed E-state index contributed by atoms with van der Waals surface area (Å²) in [7, 11) is 0. The molecule has 1 aliphatic heterocycles. The first-order valence-corrected chi connectivity index (χ1v) is 9.42. The van der Waals surface area contributed by atoms with Crippen LogP contribution in [0, 0.1) is 12.7 Å². The third-order valence-electron chi connectivity index (χ3n) is 4.55. The number of aliphatic hydroxyl groups excluding tert-OH is 1. The molecule has 26 heavy (non-hydrogen) atoms. The first-order chi connectivity index (χ1) is 12.5. The second kappa shape index (κ2) is 7.41. The number of likely N-dealkylation sites (tertiary alicyclic amines) is 1. The lowest BCUT2D eigenvalue weighted by atomic mass is 9.99. The van der Waals surface area contributed by atoms with Gasteiger partial charge in [-0.2, -0.15) is 0 Å². The van der Waals surface area contributed by atoms with Gasteiger partial charge in [-0.1, -0.05) is 31.5 Å². The number of Topliss-reactive ketones (excluding diaryl/α,β-unsaturated/α-hetero) is 1. The molecule has 1 aliphatic rings. The number of hydrogen-bond acceptors (Lipinski definition) is 4. The van der Waals surface area contributed by atoms with Crippen LogP contribution in [0.5, 0.6) is 0 Å². The summed E-state index contributed by atoms with van der Waals surface area (Å²) >= 11 is 1.42. The fraction of sp³-hybridized carbons (Fsp3) is 0.300. The summed E-state index contributed by atoms with van der Waals surface area (Å²) in [6.45, 7) is 4.06. The quantitative estimate of drug-likeness (QED) is 0.480. The average molecular weight is 373 g/mol. The van der Waals surface area contributed by atoms with E-state index in [0.717, 1.165) is 17.7 Å². The van der Waals surface area contributed by atoms with Crippen LogP contribution in [0.2, 0.25) is 0 Å². The van der Waals surface area contributed by atoms with Crippen molar-refractivity contribution in [3.63, 3.8) is 0 Å². The minimum Gasteiger partial charge on any atom is -0.507 e. The normalized spacial score (nSPS) is 19.3. The van der Waals surface area contributed by atoms with E-state index in [-0.39, 0.29) is 16.9 Å². The Morgan fingerprint density at radius 3 is 2.69 bits per heavy atom. The Balaban J connectivity index is 2.14. The standard InChI is InChI=1S/C20H20FNO3S/c1-3-4-9-22-17(15-6-5-10-26-15)16(19(24)20(22)25)18(23)13-8-7-12(2)14(21)11-13/h5-8,10-11,17,23H,3-4,9H2,1-2H3. The molecule has 3 rings (SSSR count). The van der Waals surface area contributed by atoms with E-state index in [0.29, 0.717) is 12.1 Å². The zero-order valence-electron chi connectivity index (χ0n) is 14.7. The molecule has 2 aromatic rings. The van der Waals surface area contributed by atoms with E-state index in [1.54, 1.807) is 13.0 Å². The predicted molar refractivity (Wildman–Crippen MR) is 99.4 cm³/mol. The van der Waals surface area contributed by atoms with Gasteiger partial charge in [0.05, 0.1) is 11.6 Å². The van der Waals surface area contributed by atoms with Crippen molar-refractivity contribution >= 4 is 28.8 Å². The second-order valence-electron chi connectivity index (χ2n) is 6.33. The Hall–Kier alpha value is -2.47. The topological polar surface area (TPSA) is 57.6 Å². The van der Waals surface area contributed by atoms with E-state index in [2.05, 4.69) is 0 Å². The molecule has 1 unspecified atom stereocenters. The average Bonchev–Trinajstić information content (AvgIpc) is 3.23. The number of nitrogens with zero attached hydrogens (tertiary/aromatic N) is 1. The van der Waals surface area contributed by atoms with Crippen molar-refractivity contribution in [3.8, 4) is 0 Å². The molecule has 1 N–H and O–H groups in total. The highest BCUT2D eigenvalue weighted by Crippen LogP contribution is 2.41. The zero-order chi connectivity index (χ0) is 18.8. The molecule has 1 aromatic heterocycles. The SMILES string of the molecule is CCCCN1C(=O)C(=O)C(=C(O)c2ccc(C)c(F)c2)C1c1cccs1. The van der Waals surface area contributed by atoms with Gasteiger partial charge in [0.1, 0.15) is 11.6 Å². The predicted octanol–water partition coefficient (Wildman–Crippen LogP) is 4.42.